The molecule has 0 spiro atoms. The number of rotatable bonds is 6. The number of anilines is 2. The summed E-state index contributed by atoms with van der Waals surface area (Å²) < 4.78 is 0.890. The fraction of sp³-hybridized carbons (Fsp3) is 0.357. The van der Waals surface area contributed by atoms with Gasteiger partial charge in [0.15, 0.2) is 4.34 Å². The van der Waals surface area contributed by atoms with Gasteiger partial charge in [0.05, 0.1) is 6.07 Å². The number of aromatic nitrogens is 2. The Bertz CT molecular complexity index is 584. The van der Waals surface area contributed by atoms with E-state index >= 15 is 0 Å². The summed E-state index contributed by atoms with van der Waals surface area (Å²) in [5.41, 5.74) is 2.33. The van der Waals surface area contributed by atoms with Crippen LogP contribution in [0.15, 0.2) is 28.6 Å². The van der Waals surface area contributed by atoms with Crippen LogP contribution < -0.4 is 5.32 Å². The molecule has 1 aromatic heterocycles. The van der Waals surface area contributed by atoms with Gasteiger partial charge in [-0.3, -0.25) is 0 Å². The van der Waals surface area contributed by atoms with Crippen molar-refractivity contribution in [2.24, 2.45) is 0 Å². The Morgan fingerprint density at radius 1 is 1.30 bits per heavy atom. The van der Waals surface area contributed by atoms with E-state index < -0.39 is 0 Å². The van der Waals surface area contributed by atoms with Crippen molar-refractivity contribution in [2.75, 3.05) is 11.1 Å². The van der Waals surface area contributed by atoms with Gasteiger partial charge in [-0.15, -0.1) is 10.2 Å². The Labute approximate surface area is 127 Å². The van der Waals surface area contributed by atoms with Crippen LogP contribution in [-0.2, 0) is 0 Å². The molecule has 104 valence electrons. The molecule has 6 heteroatoms. The third-order valence-corrected chi connectivity index (χ3v) is 4.65. The molecule has 0 radical (unpaired) electrons. The molecular formula is C14H16N4S2. The minimum atomic E-state index is 0.531. The van der Waals surface area contributed by atoms with Crippen molar-refractivity contribution in [2.45, 2.75) is 30.5 Å². The zero-order valence-electron chi connectivity index (χ0n) is 11.5. The van der Waals surface area contributed by atoms with Crippen molar-refractivity contribution in [1.29, 1.82) is 5.26 Å². The molecule has 0 aliphatic carbocycles. The van der Waals surface area contributed by atoms with E-state index in [9.17, 15) is 0 Å². The highest BCUT2D eigenvalue weighted by molar-refractivity contribution is 8.01. The van der Waals surface area contributed by atoms with Crippen LogP contribution in [0.3, 0.4) is 0 Å². The van der Waals surface area contributed by atoms with Crippen LogP contribution in [0.4, 0.5) is 10.8 Å². The first kappa shape index (κ1) is 14.8. The number of nitrogens with zero attached hydrogens (tertiary/aromatic N) is 3. The smallest absolute Gasteiger partial charge is 0.210 e. The van der Waals surface area contributed by atoms with Crippen LogP contribution in [0, 0.1) is 11.3 Å². The van der Waals surface area contributed by atoms with Crippen molar-refractivity contribution in [3.05, 3.63) is 29.8 Å². The lowest BCUT2D eigenvalue weighted by molar-refractivity contribution is 0.867. The minimum absolute atomic E-state index is 0.531. The largest absolute Gasteiger partial charge is 0.330 e. The molecule has 0 atom stereocenters. The Morgan fingerprint density at radius 3 is 2.70 bits per heavy atom. The molecule has 0 aliphatic heterocycles. The van der Waals surface area contributed by atoms with E-state index in [1.165, 1.54) is 16.9 Å². The number of hydrogen-bond donors (Lipinski definition) is 1. The van der Waals surface area contributed by atoms with E-state index in [0.29, 0.717) is 12.3 Å². The van der Waals surface area contributed by atoms with E-state index in [4.69, 9.17) is 5.26 Å². The fourth-order valence-corrected chi connectivity index (χ4v) is 3.26. The SMILES string of the molecule is CC(C)c1ccc(Nc2nnc(SCCC#N)s2)cc1. The lowest BCUT2D eigenvalue weighted by atomic mass is 10.0. The fourth-order valence-electron chi connectivity index (χ4n) is 1.58. The van der Waals surface area contributed by atoms with E-state index in [-0.39, 0.29) is 0 Å². The number of nitriles is 1. The summed E-state index contributed by atoms with van der Waals surface area (Å²) in [5, 5.41) is 20.7. The highest BCUT2D eigenvalue weighted by Gasteiger charge is 2.05. The monoisotopic (exact) mass is 304 g/mol. The topological polar surface area (TPSA) is 61.6 Å². The van der Waals surface area contributed by atoms with Crippen molar-refractivity contribution in [3.63, 3.8) is 0 Å². The molecule has 0 fully saturated rings. The lowest BCUT2D eigenvalue weighted by Crippen LogP contribution is -1.91. The van der Waals surface area contributed by atoms with E-state index in [1.807, 2.05) is 0 Å². The molecular weight excluding hydrogens is 288 g/mol. The summed E-state index contributed by atoms with van der Waals surface area (Å²) in [4.78, 5) is 0. The summed E-state index contributed by atoms with van der Waals surface area (Å²) in [6.45, 7) is 4.36. The van der Waals surface area contributed by atoms with Gasteiger partial charge in [0, 0.05) is 17.9 Å². The third-order valence-electron chi connectivity index (χ3n) is 2.67. The predicted octanol–water partition coefficient (Wildman–Crippen LogP) is 4.41. The Kier molecular flexibility index (Phi) is 5.39. The molecule has 0 saturated heterocycles. The van der Waals surface area contributed by atoms with Crippen LogP contribution in [0.25, 0.3) is 0 Å². The molecule has 1 N–H and O–H groups in total. The molecule has 0 bridgehead atoms. The Morgan fingerprint density at radius 2 is 2.05 bits per heavy atom. The standard InChI is InChI=1S/C14H16N4S2/c1-10(2)11-4-6-12(7-5-11)16-13-17-18-14(20-13)19-9-3-8-15/h4-7,10H,3,9H2,1-2H3,(H,16,17). The second kappa shape index (κ2) is 7.27. The summed E-state index contributed by atoms with van der Waals surface area (Å²) in [5.74, 6) is 1.29. The average Bonchev–Trinajstić information content (AvgIpc) is 2.87. The molecule has 1 heterocycles. The van der Waals surface area contributed by atoms with E-state index in [2.05, 4.69) is 59.7 Å². The minimum Gasteiger partial charge on any atom is -0.330 e. The second-order valence-corrected chi connectivity index (χ2v) is 6.85. The van der Waals surface area contributed by atoms with E-state index in [0.717, 1.165) is 20.9 Å². The molecule has 0 saturated carbocycles. The first-order chi connectivity index (χ1) is 9.69. The van der Waals surface area contributed by atoms with Gasteiger partial charge in [0.25, 0.3) is 0 Å². The zero-order valence-corrected chi connectivity index (χ0v) is 13.1. The van der Waals surface area contributed by atoms with Crippen molar-refractivity contribution in [3.8, 4) is 6.07 Å². The van der Waals surface area contributed by atoms with Gasteiger partial charge >= 0.3 is 0 Å². The summed E-state index contributed by atoms with van der Waals surface area (Å²) >= 11 is 3.07. The Hall–Kier alpha value is -1.58. The first-order valence-corrected chi connectivity index (χ1v) is 8.19. The van der Waals surface area contributed by atoms with Crippen LogP contribution in [0.2, 0.25) is 0 Å². The number of thioether (sulfide) groups is 1. The quantitative estimate of drug-likeness (QED) is 0.632. The second-order valence-electron chi connectivity index (χ2n) is 4.53. The number of nitrogens with one attached hydrogen (secondary N) is 1. The lowest BCUT2D eigenvalue weighted by Gasteiger charge is -2.06. The summed E-state index contributed by atoms with van der Waals surface area (Å²) in [6.07, 6.45) is 0.531. The van der Waals surface area contributed by atoms with Gasteiger partial charge < -0.3 is 5.32 Å². The maximum absolute atomic E-state index is 8.50. The first-order valence-electron chi connectivity index (χ1n) is 6.39. The van der Waals surface area contributed by atoms with Crippen LogP contribution in [-0.4, -0.2) is 16.0 Å². The average molecular weight is 304 g/mol. The molecule has 2 aromatic rings. The molecule has 1 aromatic carbocycles. The number of hydrogen-bond acceptors (Lipinski definition) is 6. The van der Waals surface area contributed by atoms with Crippen LogP contribution in [0.5, 0.6) is 0 Å². The highest BCUT2D eigenvalue weighted by Crippen LogP contribution is 2.28. The maximum Gasteiger partial charge on any atom is 0.210 e. The Balaban J connectivity index is 1.94. The molecule has 20 heavy (non-hydrogen) atoms. The maximum atomic E-state index is 8.50. The summed E-state index contributed by atoms with van der Waals surface area (Å²) in [7, 11) is 0. The number of benzene rings is 1. The normalized spacial score (nSPS) is 10.5. The molecule has 0 unspecified atom stereocenters. The third kappa shape index (κ3) is 4.22. The van der Waals surface area contributed by atoms with Gasteiger partial charge in [-0.25, -0.2) is 0 Å². The van der Waals surface area contributed by atoms with Crippen LogP contribution >= 0.6 is 23.1 Å². The highest BCUT2D eigenvalue weighted by atomic mass is 32.2. The van der Waals surface area contributed by atoms with Crippen molar-refractivity contribution >= 4 is 33.9 Å². The van der Waals surface area contributed by atoms with Gasteiger partial charge in [-0.2, -0.15) is 5.26 Å². The van der Waals surface area contributed by atoms with Gasteiger partial charge in [0.2, 0.25) is 5.13 Å². The molecule has 2 rings (SSSR count). The van der Waals surface area contributed by atoms with Crippen LogP contribution in [0.1, 0.15) is 31.7 Å². The molecule has 4 nitrogen and oxygen atoms in total. The van der Waals surface area contributed by atoms with E-state index in [1.54, 1.807) is 11.8 Å². The zero-order chi connectivity index (χ0) is 14.4. The molecule has 0 amide bonds. The van der Waals surface area contributed by atoms with Crippen molar-refractivity contribution < 1.29 is 0 Å². The molecule has 0 aliphatic rings. The van der Waals surface area contributed by atoms with Gasteiger partial charge in [0.1, 0.15) is 0 Å². The van der Waals surface area contributed by atoms with Gasteiger partial charge in [-0.05, 0) is 23.6 Å². The van der Waals surface area contributed by atoms with Gasteiger partial charge in [-0.1, -0.05) is 49.1 Å². The van der Waals surface area contributed by atoms with Crippen molar-refractivity contribution in [1.82, 2.24) is 10.2 Å². The summed E-state index contributed by atoms with van der Waals surface area (Å²) in [6, 6.07) is 10.5. The predicted molar refractivity (Wildman–Crippen MR) is 84.7 cm³/mol.